The van der Waals surface area contributed by atoms with Crippen molar-refractivity contribution in [1.29, 1.82) is 0 Å². The molecule has 0 bridgehead atoms. The third kappa shape index (κ3) is 4.56. The van der Waals surface area contributed by atoms with E-state index in [1.54, 1.807) is 16.8 Å². The molecule has 2 heterocycles. The number of piperidine rings is 1. The van der Waals surface area contributed by atoms with Gasteiger partial charge in [-0.05, 0) is 73.7 Å². The fourth-order valence-corrected chi connectivity index (χ4v) is 4.38. The number of rotatable bonds is 5. The maximum atomic E-state index is 11.8. The number of nitrogens with zero attached hydrogens (tertiary/aromatic N) is 3. The highest BCUT2D eigenvalue weighted by Crippen LogP contribution is 2.30. The van der Waals surface area contributed by atoms with Crippen LogP contribution in [-0.4, -0.2) is 39.2 Å². The summed E-state index contributed by atoms with van der Waals surface area (Å²) in [5, 5.41) is 21.7. The molecule has 0 atom stereocenters. The fraction of sp³-hybridized carbons (Fsp3) is 0.222. The first-order valence-corrected chi connectivity index (χ1v) is 11.3. The predicted molar refractivity (Wildman–Crippen MR) is 129 cm³/mol. The predicted octanol–water partition coefficient (Wildman–Crippen LogP) is 5.07. The van der Waals surface area contributed by atoms with Crippen molar-refractivity contribution in [3.8, 4) is 28.1 Å². The van der Waals surface area contributed by atoms with Crippen LogP contribution in [0.25, 0.3) is 28.1 Å². The molecule has 0 unspecified atom stereocenters. The molecule has 6 heteroatoms. The molecule has 1 fully saturated rings. The van der Waals surface area contributed by atoms with Crippen molar-refractivity contribution < 1.29 is 9.90 Å². The van der Waals surface area contributed by atoms with E-state index in [1.807, 2.05) is 43.5 Å². The molecule has 0 aliphatic carbocycles. The second-order valence-electron chi connectivity index (χ2n) is 8.63. The van der Waals surface area contributed by atoms with E-state index in [0.717, 1.165) is 48.3 Å². The molecule has 0 saturated carbocycles. The summed E-state index contributed by atoms with van der Waals surface area (Å²) in [5.41, 5.74) is 6.93. The standard InChI is InChI=1S/C27H26N4O2/c1-18-2-4-22(5-3-18)26-17-31(30-29-26)25-15-23(14-24(16-25)27(32)33)20-8-6-19(7-9-20)21-10-12-28-13-11-21/h2-9,14-17,21,28H,10-13H2,1H3,(H,32,33). The van der Waals surface area contributed by atoms with Gasteiger partial charge in [0.1, 0.15) is 5.69 Å². The van der Waals surface area contributed by atoms with Crippen LogP contribution in [0.2, 0.25) is 0 Å². The Morgan fingerprint density at radius 3 is 2.33 bits per heavy atom. The van der Waals surface area contributed by atoms with E-state index < -0.39 is 5.97 Å². The van der Waals surface area contributed by atoms with Crippen LogP contribution >= 0.6 is 0 Å². The number of aromatic carboxylic acids is 1. The Morgan fingerprint density at radius 1 is 0.939 bits per heavy atom. The second kappa shape index (κ2) is 9.00. The van der Waals surface area contributed by atoms with Crippen LogP contribution in [-0.2, 0) is 0 Å². The fourth-order valence-electron chi connectivity index (χ4n) is 4.38. The minimum atomic E-state index is -0.969. The minimum absolute atomic E-state index is 0.220. The lowest BCUT2D eigenvalue weighted by Crippen LogP contribution is -2.26. The van der Waals surface area contributed by atoms with Crippen LogP contribution in [0.4, 0.5) is 0 Å². The monoisotopic (exact) mass is 438 g/mol. The maximum Gasteiger partial charge on any atom is 0.335 e. The smallest absolute Gasteiger partial charge is 0.335 e. The van der Waals surface area contributed by atoms with Crippen molar-refractivity contribution in [3.63, 3.8) is 0 Å². The Kier molecular flexibility index (Phi) is 5.75. The Bertz CT molecular complexity index is 1270. The van der Waals surface area contributed by atoms with Crippen LogP contribution < -0.4 is 5.32 Å². The van der Waals surface area contributed by atoms with Crippen molar-refractivity contribution in [3.05, 3.63) is 89.6 Å². The number of aromatic nitrogens is 3. The zero-order chi connectivity index (χ0) is 22.8. The van der Waals surface area contributed by atoms with E-state index in [4.69, 9.17) is 0 Å². The topological polar surface area (TPSA) is 80.0 Å². The molecule has 1 aliphatic heterocycles. The number of carbonyl (C=O) groups is 1. The van der Waals surface area contributed by atoms with E-state index in [-0.39, 0.29) is 5.56 Å². The molecule has 0 spiro atoms. The molecule has 0 amide bonds. The molecule has 1 aromatic heterocycles. The van der Waals surface area contributed by atoms with Gasteiger partial charge < -0.3 is 10.4 Å². The third-order valence-electron chi connectivity index (χ3n) is 6.32. The summed E-state index contributed by atoms with van der Waals surface area (Å²) >= 11 is 0. The summed E-state index contributed by atoms with van der Waals surface area (Å²) in [4.78, 5) is 11.8. The number of hydrogen-bond donors (Lipinski definition) is 2. The molecule has 3 aromatic carbocycles. The van der Waals surface area contributed by atoms with E-state index in [9.17, 15) is 9.90 Å². The first-order chi connectivity index (χ1) is 16.1. The van der Waals surface area contributed by atoms with Crippen molar-refractivity contribution in [2.24, 2.45) is 0 Å². The minimum Gasteiger partial charge on any atom is -0.478 e. The van der Waals surface area contributed by atoms with Gasteiger partial charge in [0, 0.05) is 5.56 Å². The Morgan fingerprint density at radius 2 is 1.64 bits per heavy atom. The summed E-state index contributed by atoms with van der Waals surface area (Å²) in [7, 11) is 0. The first-order valence-electron chi connectivity index (χ1n) is 11.3. The average molecular weight is 439 g/mol. The summed E-state index contributed by atoms with van der Waals surface area (Å²) in [6.45, 7) is 4.15. The van der Waals surface area contributed by atoms with Crippen LogP contribution in [0.1, 0.15) is 40.2 Å². The van der Waals surface area contributed by atoms with Crippen LogP contribution in [0, 0.1) is 6.92 Å². The van der Waals surface area contributed by atoms with Crippen LogP contribution in [0.5, 0.6) is 0 Å². The SMILES string of the molecule is Cc1ccc(-c2cn(-c3cc(C(=O)O)cc(-c4ccc(C5CCNCC5)cc4)c3)nn2)cc1. The Hall–Kier alpha value is -3.77. The molecule has 1 saturated heterocycles. The quantitative estimate of drug-likeness (QED) is 0.454. The van der Waals surface area contributed by atoms with Gasteiger partial charge in [-0.3, -0.25) is 0 Å². The lowest BCUT2D eigenvalue weighted by molar-refractivity contribution is 0.0697. The average Bonchev–Trinajstić information content (AvgIpc) is 3.35. The van der Waals surface area contributed by atoms with Gasteiger partial charge in [-0.25, -0.2) is 9.48 Å². The number of aryl methyl sites for hydroxylation is 1. The Labute approximate surface area is 192 Å². The summed E-state index contributed by atoms with van der Waals surface area (Å²) in [6.07, 6.45) is 4.12. The van der Waals surface area contributed by atoms with Crippen molar-refractivity contribution in [1.82, 2.24) is 20.3 Å². The van der Waals surface area contributed by atoms with Gasteiger partial charge in [0.2, 0.25) is 0 Å². The van der Waals surface area contributed by atoms with Gasteiger partial charge in [0.15, 0.2) is 0 Å². The number of nitrogens with one attached hydrogen (secondary N) is 1. The highest BCUT2D eigenvalue weighted by Gasteiger charge is 2.16. The molecule has 0 radical (unpaired) electrons. The van der Waals surface area contributed by atoms with Crippen molar-refractivity contribution in [2.75, 3.05) is 13.1 Å². The molecule has 166 valence electrons. The second-order valence-corrected chi connectivity index (χ2v) is 8.63. The maximum absolute atomic E-state index is 11.8. The molecular formula is C27H26N4O2. The first kappa shape index (κ1) is 21.1. The molecule has 33 heavy (non-hydrogen) atoms. The molecule has 6 nitrogen and oxygen atoms in total. The number of carboxylic acid groups (broad SMARTS) is 1. The van der Waals surface area contributed by atoms with E-state index >= 15 is 0 Å². The van der Waals surface area contributed by atoms with E-state index in [2.05, 4.69) is 39.9 Å². The van der Waals surface area contributed by atoms with Gasteiger partial charge in [0.25, 0.3) is 0 Å². The van der Waals surface area contributed by atoms with Crippen molar-refractivity contribution >= 4 is 5.97 Å². The van der Waals surface area contributed by atoms with Gasteiger partial charge in [-0.2, -0.15) is 0 Å². The van der Waals surface area contributed by atoms with Crippen LogP contribution in [0.3, 0.4) is 0 Å². The number of benzene rings is 3. The molecule has 2 N–H and O–H groups in total. The van der Waals surface area contributed by atoms with E-state index in [0.29, 0.717) is 11.6 Å². The zero-order valence-electron chi connectivity index (χ0n) is 18.5. The van der Waals surface area contributed by atoms with E-state index in [1.165, 1.54) is 11.1 Å². The summed E-state index contributed by atoms with van der Waals surface area (Å²) in [5.74, 6) is -0.389. The van der Waals surface area contributed by atoms with Gasteiger partial charge in [-0.15, -0.1) is 5.10 Å². The largest absolute Gasteiger partial charge is 0.478 e. The highest BCUT2D eigenvalue weighted by atomic mass is 16.4. The van der Waals surface area contributed by atoms with Crippen LogP contribution in [0.15, 0.2) is 72.9 Å². The number of carboxylic acids is 1. The van der Waals surface area contributed by atoms with Gasteiger partial charge >= 0.3 is 5.97 Å². The molecular weight excluding hydrogens is 412 g/mol. The lowest BCUT2D eigenvalue weighted by Gasteiger charge is -2.23. The summed E-state index contributed by atoms with van der Waals surface area (Å²) < 4.78 is 1.63. The van der Waals surface area contributed by atoms with Gasteiger partial charge in [0.05, 0.1) is 17.4 Å². The van der Waals surface area contributed by atoms with Gasteiger partial charge in [-0.1, -0.05) is 59.3 Å². The normalized spacial score (nSPS) is 14.3. The molecule has 1 aliphatic rings. The molecule has 4 aromatic rings. The summed E-state index contributed by atoms with van der Waals surface area (Å²) in [6, 6.07) is 21.9. The number of hydrogen-bond acceptors (Lipinski definition) is 4. The Balaban J connectivity index is 1.48. The lowest BCUT2D eigenvalue weighted by atomic mass is 9.89. The zero-order valence-corrected chi connectivity index (χ0v) is 18.5. The highest BCUT2D eigenvalue weighted by molar-refractivity contribution is 5.90. The van der Waals surface area contributed by atoms with Crippen molar-refractivity contribution in [2.45, 2.75) is 25.7 Å². The molecule has 5 rings (SSSR count). The third-order valence-corrected chi connectivity index (χ3v) is 6.32.